The van der Waals surface area contributed by atoms with E-state index in [1.165, 1.54) is 49.6 Å². The van der Waals surface area contributed by atoms with Crippen molar-refractivity contribution in [3.8, 4) is 0 Å². The van der Waals surface area contributed by atoms with Gasteiger partial charge in [0.1, 0.15) is 0 Å². The van der Waals surface area contributed by atoms with Gasteiger partial charge in [-0.1, -0.05) is 45.1 Å². The molecule has 1 aromatic carbocycles. The summed E-state index contributed by atoms with van der Waals surface area (Å²) in [7, 11) is 0. The van der Waals surface area contributed by atoms with Crippen LogP contribution in [0.5, 0.6) is 0 Å². The second-order valence-electron chi connectivity index (χ2n) is 5.20. The normalized spacial score (nSPS) is 11.2. The minimum Gasteiger partial charge on any atom is -0.331 e. The summed E-state index contributed by atoms with van der Waals surface area (Å²) in [6.07, 6.45) is 10.1. The highest BCUT2D eigenvalue weighted by atomic mass is 15.0. The van der Waals surface area contributed by atoms with Crippen molar-refractivity contribution in [2.24, 2.45) is 0 Å². The van der Waals surface area contributed by atoms with Crippen LogP contribution in [0.2, 0.25) is 0 Å². The number of unbranched alkanes of at least 4 members (excludes halogenated alkanes) is 5. The summed E-state index contributed by atoms with van der Waals surface area (Å²) in [5, 5.41) is 0. The van der Waals surface area contributed by atoms with Gasteiger partial charge in [-0.25, -0.2) is 4.98 Å². The largest absolute Gasteiger partial charge is 0.331 e. The molecule has 1 aromatic heterocycles. The molecule has 2 heteroatoms. The number of hydrogen-bond acceptors (Lipinski definition) is 1. The second-order valence-corrected chi connectivity index (χ2v) is 5.20. The molecule has 2 rings (SSSR count). The summed E-state index contributed by atoms with van der Waals surface area (Å²) in [6, 6.07) is 6.52. The molecule has 0 saturated carbocycles. The van der Waals surface area contributed by atoms with Crippen molar-refractivity contribution in [1.29, 1.82) is 0 Å². The number of benzene rings is 1. The van der Waals surface area contributed by atoms with Gasteiger partial charge in [0, 0.05) is 6.54 Å². The molecule has 0 fully saturated rings. The Balaban J connectivity index is 1.84. The van der Waals surface area contributed by atoms with Crippen LogP contribution >= 0.6 is 0 Å². The van der Waals surface area contributed by atoms with Gasteiger partial charge in [0.2, 0.25) is 0 Å². The van der Waals surface area contributed by atoms with Gasteiger partial charge < -0.3 is 4.57 Å². The zero-order chi connectivity index (χ0) is 12.8. The smallest absolute Gasteiger partial charge is 0.0958 e. The maximum Gasteiger partial charge on any atom is 0.0958 e. The van der Waals surface area contributed by atoms with Crippen LogP contribution in [0.15, 0.2) is 24.5 Å². The Labute approximate surface area is 110 Å². The quantitative estimate of drug-likeness (QED) is 0.645. The van der Waals surface area contributed by atoms with Crippen molar-refractivity contribution in [2.75, 3.05) is 0 Å². The summed E-state index contributed by atoms with van der Waals surface area (Å²) >= 11 is 0. The molecule has 0 atom stereocenters. The minimum absolute atomic E-state index is 1.10. The Bertz CT molecular complexity index is 485. The van der Waals surface area contributed by atoms with E-state index in [1.807, 2.05) is 6.33 Å². The number of aryl methyl sites for hydroxylation is 2. The molecule has 0 bridgehead atoms. The van der Waals surface area contributed by atoms with Gasteiger partial charge >= 0.3 is 0 Å². The number of fused-ring (bicyclic) bond motifs is 1. The zero-order valence-electron chi connectivity index (χ0n) is 11.7. The van der Waals surface area contributed by atoms with E-state index in [1.54, 1.807) is 0 Å². The van der Waals surface area contributed by atoms with E-state index in [9.17, 15) is 0 Å². The molecule has 0 unspecified atom stereocenters. The van der Waals surface area contributed by atoms with E-state index >= 15 is 0 Å². The van der Waals surface area contributed by atoms with Crippen LogP contribution in [-0.4, -0.2) is 9.55 Å². The lowest BCUT2D eigenvalue weighted by Crippen LogP contribution is -1.96. The molecule has 2 nitrogen and oxygen atoms in total. The molecular formula is C16H24N2. The molecule has 0 saturated heterocycles. The predicted molar refractivity (Wildman–Crippen MR) is 77.8 cm³/mol. The monoisotopic (exact) mass is 244 g/mol. The molecule has 0 N–H and O–H groups in total. The Morgan fingerprint density at radius 3 is 2.67 bits per heavy atom. The SMILES string of the molecule is CCCCCCCCn1cnc2cc(C)ccc21. The van der Waals surface area contributed by atoms with Gasteiger partial charge in [0.15, 0.2) is 0 Å². The van der Waals surface area contributed by atoms with Gasteiger partial charge in [0.05, 0.1) is 17.4 Å². The number of aromatic nitrogens is 2. The highest BCUT2D eigenvalue weighted by molar-refractivity contribution is 5.75. The van der Waals surface area contributed by atoms with Crippen LogP contribution in [0.3, 0.4) is 0 Å². The van der Waals surface area contributed by atoms with Crippen LogP contribution in [-0.2, 0) is 6.54 Å². The Kier molecular flexibility index (Phi) is 4.80. The number of hydrogen-bond donors (Lipinski definition) is 0. The minimum atomic E-state index is 1.10. The first-order valence-corrected chi connectivity index (χ1v) is 7.22. The Hall–Kier alpha value is -1.31. The summed E-state index contributed by atoms with van der Waals surface area (Å²) in [4.78, 5) is 4.47. The fourth-order valence-electron chi connectivity index (χ4n) is 2.41. The number of rotatable bonds is 7. The summed E-state index contributed by atoms with van der Waals surface area (Å²) in [5.74, 6) is 0. The van der Waals surface area contributed by atoms with Crippen molar-refractivity contribution < 1.29 is 0 Å². The molecule has 0 spiro atoms. The van der Waals surface area contributed by atoms with Gasteiger partial charge in [-0.3, -0.25) is 0 Å². The standard InChI is InChI=1S/C16H24N2/c1-3-4-5-6-7-8-11-18-13-17-15-12-14(2)9-10-16(15)18/h9-10,12-13H,3-8,11H2,1-2H3. The summed E-state index contributed by atoms with van der Waals surface area (Å²) < 4.78 is 2.29. The number of nitrogens with zero attached hydrogens (tertiary/aromatic N) is 2. The topological polar surface area (TPSA) is 17.8 Å². The Morgan fingerprint density at radius 2 is 1.83 bits per heavy atom. The average molecular weight is 244 g/mol. The lowest BCUT2D eigenvalue weighted by atomic mass is 10.1. The van der Waals surface area contributed by atoms with Crippen LogP contribution < -0.4 is 0 Å². The van der Waals surface area contributed by atoms with Gasteiger partial charge in [0.25, 0.3) is 0 Å². The maximum absolute atomic E-state index is 4.47. The van der Waals surface area contributed by atoms with E-state index in [4.69, 9.17) is 0 Å². The lowest BCUT2D eigenvalue weighted by Gasteiger charge is -2.04. The van der Waals surface area contributed by atoms with Crippen molar-refractivity contribution in [3.63, 3.8) is 0 Å². The fraction of sp³-hybridized carbons (Fsp3) is 0.562. The first kappa shape index (κ1) is 13.1. The summed E-state index contributed by atoms with van der Waals surface area (Å²) in [5.41, 5.74) is 3.68. The lowest BCUT2D eigenvalue weighted by molar-refractivity contribution is 0.564. The Morgan fingerprint density at radius 1 is 1.06 bits per heavy atom. The molecule has 0 radical (unpaired) electrons. The molecule has 0 aliphatic rings. The third-order valence-electron chi connectivity index (χ3n) is 3.53. The van der Waals surface area contributed by atoms with E-state index in [0.29, 0.717) is 0 Å². The highest BCUT2D eigenvalue weighted by Crippen LogP contribution is 2.15. The van der Waals surface area contributed by atoms with Crippen LogP contribution in [0.1, 0.15) is 51.0 Å². The fourth-order valence-corrected chi connectivity index (χ4v) is 2.41. The van der Waals surface area contributed by atoms with Gasteiger partial charge in [-0.05, 0) is 31.0 Å². The molecule has 2 aromatic rings. The van der Waals surface area contributed by atoms with E-state index in [0.717, 1.165) is 12.1 Å². The third kappa shape index (κ3) is 3.34. The molecule has 0 aliphatic carbocycles. The molecule has 98 valence electrons. The van der Waals surface area contributed by atoms with Gasteiger partial charge in [-0.15, -0.1) is 0 Å². The predicted octanol–water partition coefficient (Wildman–Crippen LogP) is 4.71. The van der Waals surface area contributed by atoms with Crippen LogP contribution in [0.25, 0.3) is 11.0 Å². The van der Waals surface area contributed by atoms with Crippen molar-refractivity contribution in [1.82, 2.24) is 9.55 Å². The third-order valence-corrected chi connectivity index (χ3v) is 3.53. The zero-order valence-corrected chi connectivity index (χ0v) is 11.7. The molecule has 18 heavy (non-hydrogen) atoms. The first-order chi connectivity index (χ1) is 8.81. The van der Waals surface area contributed by atoms with Crippen molar-refractivity contribution in [3.05, 3.63) is 30.1 Å². The number of imidazole rings is 1. The first-order valence-electron chi connectivity index (χ1n) is 7.22. The molecule has 1 heterocycles. The maximum atomic E-state index is 4.47. The van der Waals surface area contributed by atoms with Gasteiger partial charge in [-0.2, -0.15) is 0 Å². The molecule has 0 aliphatic heterocycles. The molecular weight excluding hydrogens is 220 g/mol. The van der Waals surface area contributed by atoms with Crippen molar-refractivity contribution >= 4 is 11.0 Å². The van der Waals surface area contributed by atoms with Crippen LogP contribution in [0, 0.1) is 6.92 Å². The second kappa shape index (κ2) is 6.58. The van der Waals surface area contributed by atoms with E-state index in [2.05, 4.69) is 41.6 Å². The molecule has 0 amide bonds. The highest BCUT2D eigenvalue weighted by Gasteiger charge is 2.01. The van der Waals surface area contributed by atoms with Crippen LogP contribution in [0.4, 0.5) is 0 Å². The van der Waals surface area contributed by atoms with Crippen molar-refractivity contribution in [2.45, 2.75) is 58.9 Å². The average Bonchev–Trinajstić information content (AvgIpc) is 2.76. The summed E-state index contributed by atoms with van der Waals surface area (Å²) in [6.45, 7) is 5.48. The van der Waals surface area contributed by atoms with E-state index < -0.39 is 0 Å². The van der Waals surface area contributed by atoms with E-state index in [-0.39, 0.29) is 0 Å².